The number of hydrogen-bond donors (Lipinski definition) is 5. The number of ketones is 2. The summed E-state index contributed by atoms with van der Waals surface area (Å²) in [6.45, 7) is 0. The van der Waals surface area contributed by atoms with Crippen LogP contribution in [0.3, 0.4) is 0 Å². The lowest BCUT2D eigenvalue weighted by molar-refractivity contribution is -0.148. The molecule has 1 amide bonds. The zero-order valence-corrected chi connectivity index (χ0v) is 24.4. The molecule has 0 saturated carbocycles. The average Bonchev–Trinajstić information content (AvgIpc) is 2.94. The molecule has 0 fully saturated rings. The fraction of sp³-hybridized carbons (Fsp3) is 0.344. The minimum absolute atomic E-state index is 0.0107. The van der Waals surface area contributed by atoms with Crippen LogP contribution in [0.5, 0.6) is 11.5 Å². The number of methoxy groups -OCH3 is 1. The van der Waals surface area contributed by atoms with Crippen molar-refractivity contribution in [2.24, 2.45) is 17.6 Å². The third-order valence-electron chi connectivity index (χ3n) is 8.59. The molecule has 5 rings (SSSR count). The van der Waals surface area contributed by atoms with Crippen LogP contribution in [-0.2, 0) is 16.0 Å². The number of nitrogens with two attached hydrogens (primary N) is 1. The van der Waals surface area contributed by atoms with Crippen LogP contribution >= 0.6 is 0 Å². The second-order valence-corrected chi connectivity index (χ2v) is 11.5. The number of ether oxygens (including phenoxy) is 1. The zero-order chi connectivity index (χ0) is 31.5. The number of likely N-dealkylation sites (N-methyl/N-ethyl adjacent to an activating group) is 1. The Morgan fingerprint density at radius 3 is 2.40 bits per heavy atom. The number of hydrogen-bond acceptors (Lipinski definition) is 10. The minimum atomic E-state index is -2.70. The fourth-order valence-corrected chi connectivity index (χ4v) is 6.63. The molecule has 6 N–H and O–H groups in total. The van der Waals surface area contributed by atoms with Crippen molar-refractivity contribution in [1.82, 2.24) is 4.90 Å². The van der Waals surface area contributed by atoms with Crippen LogP contribution in [0.25, 0.3) is 0 Å². The highest BCUT2D eigenvalue weighted by molar-refractivity contribution is 6.25. The number of aliphatic hydroxyl groups excluding tert-OH is 2. The molecular weight excluding hydrogens is 554 g/mol. The summed E-state index contributed by atoms with van der Waals surface area (Å²) < 4.78 is 5.24. The number of primary amides is 1. The third-order valence-corrected chi connectivity index (χ3v) is 8.59. The number of phenols is 1. The molecule has 0 bridgehead atoms. The van der Waals surface area contributed by atoms with Gasteiger partial charge in [0, 0.05) is 36.8 Å². The Morgan fingerprint density at radius 2 is 1.79 bits per heavy atom. The topological polar surface area (TPSA) is 174 Å². The van der Waals surface area contributed by atoms with E-state index >= 15 is 0 Å². The maximum atomic E-state index is 14.1. The molecule has 0 saturated heterocycles. The zero-order valence-electron chi connectivity index (χ0n) is 24.4. The molecule has 0 aliphatic heterocycles. The molecular formula is C32H33N3O8. The number of Topliss-reactive ketones (excluding diaryl/α,β-unsaturated/α-hetero) is 2. The third kappa shape index (κ3) is 4.42. The highest BCUT2D eigenvalue weighted by Crippen LogP contribution is 2.53. The van der Waals surface area contributed by atoms with Gasteiger partial charge in [-0.15, -0.1) is 0 Å². The molecule has 4 atom stereocenters. The van der Waals surface area contributed by atoms with E-state index in [0.29, 0.717) is 22.6 Å². The molecule has 224 valence electrons. The molecule has 4 unspecified atom stereocenters. The number of carbonyl (C=O) groups is 3. The van der Waals surface area contributed by atoms with E-state index < -0.39 is 63.8 Å². The molecule has 2 aromatic carbocycles. The van der Waals surface area contributed by atoms with Crippen molar-refractivity contribution in [2.75, 3.05) is 40.2 Å². The number of carbonyl (C=O) groups excluding carboxylic acids is 3. The van der Waals surface area contributed by atoms with Gasteiger partial charge in [0.15, 0.2) is 11.4 Å². The van der Waals surface area contributed by atoms with Gasteiger partial charge >= 0.3 is 0 Å². The van der Waals surface area contributed by atoms with Crippen LogP contribution < -0.4 is 15.4 Å². The van der Waals surface area contributed by atoms with Gasteiger partial charge in [-0.2, -0.15) is 0 Å². The number of aromatic hydroxyl groups is 1. The van der Waals surface area contributed by atoms with E-state index in [1.54, 1.807) is 63.4 Å². The van der Waals surface area contributed by atoms with Gasteiger partial charge in [-0.05, 0) is 62.7 Å². The van der Waals surface area contributed by atoms with E-state index in [4.69, 9.17) is 10.5 Å². The van der Waals surface area contributed by atoms with Crippen molar-refractivity contribution in [3.8, 4) is 23.3 Å². The molecule has 3 aliphatic rings. The van der Waals surface area contributed by atoms with E-state index in [2.05, 4.69) is 11.8 Å². The number of fused-ring (bicyclic) bond motifs is 3. The Morgan fingerprint density at radius 1 is 1.09 bits per heavy atom. The average molecular weight is 588 g/mol. The van der Waals surface area contributed by atoms with Crippen LogP contribution in [0.15, 0.2) is 53.0 Å². The molecule has 0 spiro atoms. The lowest BCUT2D eigenvalue weighted by Crippen LogP contribution is -2.63. The van der Waals surface area contributed by atoms with Crippen LogP contribution in [-0.4, -0.2) is 89.7 Å². The van der Waals surface area contributed by atoms with E-state index in [1.807, 2.05) is 0 Å². The van der Waals surface area contributed by atoms with Crippen LogP contribution in [0.1, 0.15) is 33.5 Å². The van der Waals surface area contributed by atoms with Crippen LogP contribution in [0.4, 0.5) is 5.69 Å². The van der Waals surface area contributed by atoms with Crippen molar-refractivity contribution in [1.29, 1.82) is 0 Å². The standard InChI is InChI=1S/C32H33N3O8/c1-34(2)21-14-16(10-9-15-7-6-8-18(11-15)43-5)26(36)23-19(21)12-17-13-20-25(35(3)4)28(38)24(31(33)41)30(40)32(20,42)29(39)22(17)27(23)37/h6-8,11,14,17,20,25,36,38-39,42H,12-13H2,1-5H3,(H2,33,41). The van der Waals surface area contributed by atoms with E-state index in [0.717, 1.165) is 0 Å². The maximum Gasteiger partial charge on any atom is 0.255 e. The highest BCUT2D eigenvalue weighted by atomic mass is 16.5. The first-order valence-corrected chi connectivity index (χ1v) is 13.6. The first kappa shape index (κ1) is 29.7. The van der Waals surface area contributed by atoms with Crippen LogP contribution in [0, 0.1) is 23.7 Å². The van der Waals surface area contributed by atoms with Crippen molar-refractivity contribution in [2.45, 2.75) is 24.5 Å². The number of aliphatic hydroxyl groups is 3. The highest BCUT2D eigenvalue weighted by Gasteiger charge is 2.63. The molecule has 2 aromatic rings. The molecule has 3 aliphatic carbocycles. The predicted molar refractivity (Wildman–Crippen MR) is 157 cm³/mol. The van der Waals surface area contributed by atoms with Gasteiger partial charge in [-0.25, -0.2) is 0 Å². The molecule has 43 heavy (non-hydrogen) atoms. The first-order valence-electron chi connectivity index (χ1n) is 13.6. The summed E-state index contributed by atoms with van der Waals surface area (Å²) >= 11 is 0. The Bertz CT molecular complexity index is 1710. The summed E-state index contributed by atoms with van der Waals surface area (Å²) in [5.41, 5.74) is 3.45. The monoisotopic (exact) mass is 587 g/mol. The summed E-state index contributed by atoms with van der Waals surface area (Å²) in [6, 6.07) is 7.66. The van der Waals surface area contributed by atoms with Gasteiger partial charge in [0.05, 0.1) is 24.3 Å². The van der Waals surface area contributed by atoms with Gasteiger partial charge < -0.3 is 35.8 Å². The lowest BCUT2D eigenvalue weighted by Gasteiger charge is -2.50. The van der Waals surface area contributed by atoms with Gasteiger partial charge in [-0.1, -0.05) is 17.9 Å². The van der Waals surface area contributed by atoms with Crippen molar-refractivity contribution >= 4 is 23.2 Å². The number of benzene rings is 2. The Kier molecular flexibility index (Phi) is 7.24. The van der Waals surface area contributed by atoms with Gasteiger partial charge in [0.2, 0.25) is 5.78 Å². The molecule has 0 radical (unpaired) electrons. The number of allylic oxidation sites excluding steroid dienone is 1. The second kappa shape index (κ2) is 10.5. The smallest absolute Gasteiger partial charge is 0.255 e. The van der Waals surface area contributed by atoms with Gasteiger partial charge in [0.25, 0.3) is 5.91 Å². The number of nitrogens with zero attached hydrogens (tertiary/aromatic N) is 2. The van der Waals surface area contributed by atoms with E-state index in [9.17, 15) is 34.8 Å². The summed E-state index contributed by atoms with van der Waals surface area (Å²) in [5.74, 6) is -0.503. The van der Waals surface area contributed by atoms with Crippen LogP contribution in [0.2, 0.25) is 0 Å². The van der Waals surface area contributed by atoms with Crippen molar-refractivity contribution in [3.05, 3.63) is 75.3 Å². The van der Waals surface area contributed by atoms with E-state index in [-0.39, 0.29) is 29.5 Å². The minimum Gasteiger partial charge on any atom is -0.510 e. The Balaban J connectivity index is 1.70. The second-order valence-electron chi connectivity index (χ2n) is 11.5. The molecule has 0 aromatic heterocycles. The first-order chi connectivity index (χ1) is 20.2. The molecule has 0 heterocycles. The summed E-state index contributed by atoms with van der Waals surface area (Å²) in [5, 5.41) is 45.6. The fourth-order valence-electron chi connectivity index (χ4n) is 6.63. The quantitative estimate of drug-likeness (QED) is 0.261. The number of anilines is 1. The normalized spacial score (nSPS) is 24.6. The summed E-state index contributed by atoms with van der Waals surface area (Å²) in [7, 11) is 8.28. The van der Waals surface area contributed by atoms with Crippen molar-refractivity contribution in [3.63, 3.8) is 0 Å². The summed E-state index contributed by atoms with van der Waals surface area (Å²) in [4.78, 5) is 43.1. The van der Waals surface area contributed by atoms with E-state index in [1.165, 1.54) is 12.0 Å². The predicted octanol–water partition coefficient (Wildman–Crippen LogP) is 1.59. The number of amides is 1. The molecule has 11 heteroatoms. The number of phenolic OH excluding ortho intramolecular Hbond substituents is 1. The molecule has 11 nitrogen and oxygen atoms in total. The number of rotatable bonds is 4. The SMILES string of the molecule is COc1cccc(C#Cc2cc(N(C)C)c3c(c2O)C(=O)C2=C(O)C4(O)C(=O)C(C(N)=O)=C(O)C(N(C)C)C4CC2C3)c1. The Hall–Kier alpha value is -4.79. The largest absolute Gasteiger partial charge is 0.510 e. The van der Waals surface area contributed by atoms with Gasteiger partial charge in [0.1, 0.15) is 28.6 Å². The van der Waals surface area contributed by atoms with Gasteiger partial charge in [-0.3, -0.25) is 19.3 Å². The summed E-state index contributed by atoms with van der Waals surface area (Å²) in [6.07, 6.45) is 0.190. The Labute approximate surface area is 248 Å². The lowest BCUT2D eigenvalue weighted by atomic mass is 9.58. The van der Waals surface area contributed by atoms with Crippen molar-refractivity contribution < 1.29 is 39.5 Å². The maximum absolute atomic E-state index is 14.1.